The third-order valence-electron chi connectivity index (χ3n) is 2.55. The van der Waals surface area contributed by atoms with E-state index in [2.05, 4.69) is 12.2 Å². The van der Waals surface area contributed by atoms with Crippen molar-refractivity contribution in [1.29, 1.82) is 0 Å². The molecule has 0 bridgehead atoms. The van der Waals surface area contributed by atoms with Crippen LogP contribution in [0.4, 0.5) is 0 Å². The summed E-state index contributed by atoms with van der Waals surface area (Å²) in [6.45, 7) is 2.88. The number of hydrogen-bond acceptors (Lipinski definition) is 4. The van der Waals surface area contributed by atoms with Gasteiger partial charge in [-0.3, -0.25) is 0 Å². The summed E-state index contributed by atoms with van der Waals surface area (Å²) >= 11 is 0. The molecule has 0 aliphatic heterocycles. The Morgan fingerprint density at radius 3 is 2.18 bits per heavy atom. The first-order valence-corrected chi connectivity index (χ1v) is 5.79. The Labute approximate surface area is 103 Å². The fourth-order valence-electron chi connectivity index (χ4n) is 1.60. The van der Waals surface area contributed by atoms with Crippen LogP contribution in [0, 0.1) is 0 Å². The number of likely N-dealkylation sites (N-methyl/N-ethyl adjacent to an activating group) is 1. The first-order chi connectivity index (χ1) is 8.26. The summed E-state index contributed by atoms with van der Waals surface area (Å²) in [6.07, 6.45) is 1.02. The molecule has 1 aromatic carbocycles. The number of methoxy groups -OCH3 is 2. The fourth-order valence-corrected chi connectivity index (χ4v) is 1.60. The smallest absolute Gasteiger partial charge is 0.203 e. The van der Waals surface area contributed by atoms with Gasteiger partial charge in [0.05, 0.1) is 14.2 Å². The van der Waals surface area contributed by atoms with Crippen LogP contribution in [0.5, 0.6) is 17.2 Å². The average molecular weight is 239 g/mol. The highest BCUT2D eigenvalue weighted by Gasteiger charge is 2.15. The summed E-state index contributed by atoms with van der Waals surface area (Å²) in [5, 5.41) is 3.11. The summed E-state index contributed by atoms with van der Waals surface area (Å²) < 4.78 is 16.5. The molecular weight excluding hydrogens is 218 g/mol. The second-order valence-electron chi connectivity index (χ2n) is 3.70. The lowest BCUT2D eigenvalue weighted by molar-refractivity contribution is 0.180. The van der Waals surface area contributed by atoms with E-state index in [1.807, 2.05) is 25.2 Å². The molecule has 1 rings (SSSR count). The van der Waals surface area contributed by atoms with Crippen LogP contribution in [0.15, 0.2) is 18.2 Å². The van der Waals surface area contributed by atoms with Crippen molar-refractivity contribution < 1.29 is 14.2 Å². The number of rotatable bonds is 7. The molecule has 1 aromatic rings. The van der Waals surface area contributed by atoms with Crippen LogP contribution in [0.25, 0.3) is 0 Å². The minimum atomic E-state index is 0.102. The van der Waals surface area contributed by atoms with Crippen LogP contribution in [0.2, 0.25) is 0 Å². The zero-order valence-corrected chi connectivity index (χ0v) is 10.9. The molecule has 4 nitrogen and oxygen atoms in total. The molecule has 17 heavy (non-hydrogen) atoms. The summed E-state index contributed by atoms with van der Waals surface area (Å²) in [5.41, 5.74) is 0. The summed E-state index contributed by atoms with van der Waals surface area (Å²) in [6, 6.07) is 5.61. The van der Waals surface area contributed by atoms with Crippen LogP contribution in [-0.2, 0) is 0 Å². The van der Waals surface area contributed by atoms with Crippen LogP contribution >= 0.6 is 0 Å². The van der Waals surface area contributed by atoms with Gasteiger partial charge in [-0.2, -0.15) is 0 Å². The molecule has 0 radical (unpaired) electrons. The maximum absolute atomic E-state index is 5.94. The number of para-hydroxylation sites is 1. The Bertz CT molecular complexity index is 319. The molecule has 1 atom stereocenters. The van der Waals surface area contributed by atoms with Gasteiger partial charge in [-0.1, -0.05) is 13.0 Å². The van der Waals surface area contributed by atoms with Crippen molar-refractivity contribution in [2.45, 2.75) is 19.4 Å². The Morgan fingerprint density at radius 1 is 1.18 bits per heavy atom. The van der Waals surface area contributed by atoms with Crippen molar-refractivity contribution in [3.05, 3.63) is 18.2 Å². The van der Waals surface area contributed by atoms with Crippen molar-refractivity contribution in [3.8, 4) is 17.2 Å². The third kappa shape index (κ3) is 3.53. The maximum atomic E-state index is 5.94. The van der Waals surface area contributed by atoms with Crippen LogP contribution in [0.1, 0.15) is 13.3 Å². The van der Waals surface area contributed by atoms with Gasteiger partial charge in [0.2, 0.25) is 5.75 Å². The molecule has 1 unspecified atom stereocenters. The average Bonchev–Trinajstić information content (AvgIpc) is 2.38. The SMILES string of the molecule is CCC(CNC)Oc1c(OC)cccc1OC. The van der Waals surface area contributed by atoms with Crippen molar-refractivity contribution >= 4 is 0 Å². The van der Waals surface area contributed by atoms with Gasteiger partial charge in [-0.15, -0.1) is 0 Å². The monoisotopic (exact) mass is 239 g/mol. The zero-order chi connectivity index (χ0) is 12.7. The molecule has 0 amide bonds. The molecule has 0 saturated heterocycles. The number of nitrogens with one attached hydrogen (secondary N) is 1. The predicted octanol–water partition coefficient (Wildman–Crippen LogP) is 2.08. The van der Waals surface area contributed by atoms with E-state index in [1.165, 1.54) is 0 Å². The summed E-state index contributed by atoms with van der Waals surface area (Å²) in [5.74, 6) is 2.05. The predicted molar refractivity (Wildman–Crippen MR) is 68.2 cm³/mol. The van der Waals surface area contributed by atoms with Gasteiger partial charge in [-0.05, 0) is 25.6 Å². The molecule has 0 aromatic heterocycles. The fraction of sp³-hybridized carbons (Fsp3) is 0.538. The Hall–Kier alpha value is -1.42. The minimum Gasteiger partial charge on any atom is -0.493 e. The zero-order valence-electron chi connectivity index (χ0n) is 10.9. The van der Waals surface area contributed by atoms with Gasteiger partial charge < -0.3 is 19.5 Å². The maximum Gasteiger partial charge on any atom is 0.203 e. The lowest BCUT2D eigenvalue weighted by Crippen LogP contribution is -2.28. The van der Waals surface area contributed by atoms with Crippen LogP contribution in [-0.4, -0.2) is 33.9 Å². The topological polar surface area (TPSA) is 39.7 Å². The van der Waals surface area contributed by atoms with Crippen LogP contribution < -0.4 is 19.5 Å². The number of hydrogen-bond donors (Lipinski definition) is 1. The third-order valence-corrected chi connectivity index (χ3v) is 2.55. The quantitative estimate of drug-likeness (QED) is 0.791. The minimum absolute atomic E-state index is 0.102. The molecule has 0 spiro atoms. The molecule has 0 heterocycles. The molecular formula is C13H21NO3. The van der Waals surface area contributed by atoms with Crippen molar-refractivity contribution in [2.75, 3.05) is 27.8 Å². The second-order valence-corrected chi connectivity index (χ2v) is 3.70. The highest BCUT2D eigenvalue weighted by atomic mass is 16.5. The Balaban J connectivity index is 2.93. The lowest BCUT2D eigenvalue weighted by atomic mass is 10.2. The van der Waals surface area contributed by atoms with E-state index in [0.717, 1.165) is 13.0 Å². The van der Waals surface area contributed by atoms with Crippen molar-refractivity contribution in [2.24, 2.45) is 0 Å². The van der Waals surface area contributed by atoms with E-state index >= 15 is 0 Å². The van der Waals surface area contributed by atoms with E-state index in [9.17, 15) is 0 Å². The summed E-state index contributed by atoms with van der Waals surface area (Å²) in [7, 11) is 5.16. The molecule has 0 aliphatic carbocycles. The Morgan fingerprint density at radius 2 is 1.76 bits per heavy atom. The van der Waals surface area contributed by atoms with Gasteiger partial charge in [0.15, 0.2) is 11.5 Å². The van der Waals surface area contributed by atoms with E-state index in [1.54, 1.807) is 14.2 Å². The number of ether oxygens (including phenoxy) is 3. The Kier molecular flexibility index (Phi) is 5.63. The normalized spacial score (nSPS) is 12.0. The van der Waals surface area contributed by atoms with E-state index < -0.39 is 0 Å². The van der Waals surface area contributed by atoms with Gasteiger partial charge in [-0.25, -0.2) is 0 Å². The van der Waals surface area contributed by atoms with Gasteiger partial charge in [0, 0.05) is 6.54 Å². The molecule has 0 fully saturated rings. The van der Waals surface area contributed by atoms with Gasteiger partial charge >= 0.3 is 0 Å². The molecule has 0 aliphatic rings. The van der Waals surface area contributed by atoms with Crippen molar-refractivity contribution in [1.82, 2.24) is 5.32 Å². The van der Waals surface area contributed by atoms with Crippen LogP contribution in [0.3, 0.4) is 0 Å². The number of benzene rings is 1. The molecule has 4 heteroatoms. The van der Waals surface area contributed by atoms with E-state index in [0.29, 0.717) is 17.2 Å². The van der Waals surface area contributed by atoms with Gasteiger partial charge in [0.1, 0.15) is 6.10 Å². The van der Waals surface area contributed by atoms with E-state index in [-0.39, 0.29) is 6.10 Å². The molecule has 96 valence electrons. The first-order valence-electron chi connectivity index (χ1n) is 5.79. The second kappa shape index (κ2) is 7.01. The molecule has 0 saturated carbocycles. The lowest BCUT2D eigenvalue weighted by Gasteiger charge is -2.20. The van der Waals surface area contributed by atoms with E-state index in [4.69, 9.17) is 14.2 Å². The van der Waals surface area contributed by atoms with Crippen molar-refractivity contribution in [3.63, 3.8) is 0 Å². The summed E-state index contributed by atoms with van der Waals surface area (Å²) in [4.78, 5) is 0. The largest absolute Gasteiger partial charge is 0.493 e. The molecule has 1 N–H and O–H groups in total. The van der Waals surface area contributed by atoms with Gasteiger partial charge in [0.25, 0.3) is 0 Å². The highest BCUT2D eigenvalue weighted by Crippen LogP contribution is 2.37. The standard InChI is InChI=1S/C13H21NO3/c1-5-10(9-14-2)17-13-11(15-3)7-6-8-12(13)16-4/h6-8,10,14H,5,9H2,1-4H3. The highest BCUT2D eigenvalue weighted by molar-refractivity contribution is 5.51. The first kappa shape index (κ1) is 13.6.